The molecule has 8 nitrogen and oxygen atoms in total. The molecule has 1 aromatic heterocycles. The molecule has 4 aromatic rings. The first kappa shape index (κ1) is 21.8. The SMILES string of the molecule is CN(Cc1ccc(F)cc1)C(=O)c1cc(-c2n[nH]c(=O)n2-c2ccccc2F)c(O)cc1O. The van der Waals surface area contributed by atoms with Crippen molar-refractivity contribution in [3.8, 4) is 28.6 Å². The number of nitrogens with zero attached hydrogens (tertiary/aromatic N) is 3. The van der Waals surface area contributed by atoms with Crippen molar-refractivity contribution in [2.75, 3.05) is 7.05 Å². The molecule has 3 N–H and O–H groups in total. The van der Waals surface area contributed by atoms with E-state index in [1.165, 1.54) is 60.5 Å². The largest absolute Gasteiger partial charge is 0.507 e. The third-order valence-corrected chi connectivity index (χ3v) is 5.03. The number of carbonyl (C=O) groups is 1. The summed E-state index contributed by atoms with van der Waals surface area (Å²) >= 11 is 0. The monoisotopic (exact) mass is 452 g/mol. The fourth-order valence-electron chi connectivity index (χ4n) is 3.40. The minimum atomic E-state index is -0.760. The van der Waals surface area contributed by atoms with Gasteiger partial charge in [0, 0.05) is 19.7 Å². The normalized spacial score (nSPS) is 10.9. The molecule has 0 atom stereocenters. The van der Waals surface area contributed by atoms with Crippen LogP contribution in [-0.2, 0) is 6.54 Å². The molecule has 1 amide bonds. The molecular formula is C23H18F2N4O4. The minimum Gasteiger partial charge on any atom is -0.507 e. The highest BCUT2D eigenvalue weighted by Crippen LogP contribution is 2.35. The maximum absolute atomic E-state index is 14.4. The summed E-state index contributed by atoms with van der Waals surface area (Å²) in [6, 6.07) is 13.2. The number of hydrogen-bond donors (Lipinski definition) is 3. The highest BCUT2D eigenvalue weighted by atomic mass is 19.1. The Labute approximate surface area is 186 Å². The molecule has 0 aliphatic heterocycles. The standard InChI is InChI=1S/C23H18F2N4O4/c1-28(12-13-6-8-14(24)9-7-13)22(32)16-10-15(19(30)11-20(16)31)21-26-27-23(33)29(21)18-5-3-2-4-17(18)25/h2-11,30-31H,12H2,1H3,(H,27,33). The number of aromatic hydroxyl groups is 2. The zero-order valence-corrected chi connectivity index (χ0v) is 17.3. The number of aromatic amines is 1. The highest BCUT2D eigenvalue weighted by Gasteiger charge is 2.23. The smallest absolute Gasteiger partial charge is 0.348 e. The molecular weight excluding hydrogens is 434 g/mol. The average Bonchev–Trinajstić information content (AvgIpc) is 3.16. The number of halogens is 2. The van der Waals surface area contributed by atoms with E-state index in [1.807, 2.05) is 0 Å². The van der Waals surface area contributed by atoms with Crippen LogP contribution in [0.25, 0.3) is 17.1 Å². The summed E-state index contributed by atoms with van der Waals surface area (Å²) in [6.07, 6.45) is 0. The number of nitrogens with one attached hydrogen (secondary N) is 1. The number of benzene rings is 3. The minimum absolute atomic E-state index is 0.0760. The van der Waals surface area contributed by atoms with Crippen LogP contribution >= 0.6 is 0 Å². The van der Waals surface area contributed by atoms with Gasteiger partial charge in [0.05, 0.1) is 16.8 Å². The van der Waals surface area contributed by atoms with E-state index in [1.54, 1.807) is 0 Å². The number of phenols is 2. The molecule has 0 fully saturated rings. The summed E-state index contributed by atoms with van der Waals surface area (Å²) in [7, 11) is 1.49. The summed E-state index contributed by atoms with van der Waals surface area (Å²) in [4.78, 5) is 26.6. The first-order chi connectivity index (χ1) is 15.8. The van der Waals surface area contributed by atoms with Gasteiger partial charge in [0.15, 0.2) is 5.82 Å². The van der Waals surface area contributed by atoms with Gasteiger partial charge in [0.2, 0.25) is 0 Å². The van der Waals surface area contributed by atoms with Crippen molar-refractivity contribution in [2.24, 2.45) is 0 Å². The molecule has 4 rings (SSSR count). The lowest BCUT2D eigenvalue weighted by molar-refractivity contribution is 0.0782. The fraction of sp³-hybridized carbons (Fsp3) is 0.0870. The van der Waals surface area contributed by atoms with Crippen molar-refractivity contribution in [1.82, 2.24) is 19.7 Å². The quantitative estimate of drug-likeness (QED) is 0.431. The summed E-state index contributed by atoms with van der Waals surface area (Å²) in [5, 5.41) is 26.8. The second-order valence-corrected chi connectivity index (χ2v) is 7.31. The number of hydrogen-bond acceptors (Lipinski definition) is 5. The first-order valence-corrected chi connectivity index (χ1v) is 9.75. The topological polar surface area (TPSA) is 111 Å². The average molecular weight is 452 g/mol. The Kier molecular flexibility index (Phi) is 5.65. The van der Waals surface area contributed by atoms with Crippen LogP contribution in [0.1, 0.15) is 15.9 Å². The molecule has 0 spiro atoms. The number of phenolic OH excluding ortho intramolecular Hbond substituents is 2. The van der Waals surface area contributed by atoms with E-state index in [9.17, 15) is 28.6 Å². The van der Waals surface area contributed by atoms with E-state index in [4.69, 9.17) is 0 Å². The van der Waals surface area contributed by atoms with Crippen LogP contribution in [0.4, 0.5) is 8.78 Å². The maximum atomic E-state index is 14.4. The first-order valence-electron chi connectivity index (χ1n) is 9.75. The van der Waals surface area contributed by atoms with Crippen LogP contribution in [0.3, 0.4) is 0 Å². The number of aromatic nitrogens is 3. The number of amides is 1. The predicted octanol–water partition coefficient (Wildman–Crippen LogP) is 3.19. The Morgan fingerprint density at radius 3 is 2.45 bits per heavy atom. The molecule has 0 aliphatic carbocycles. The van der Waals surface area contributed by atoms with Gasteiger partial charge in [0.1, 0.15) is 23.1 Å². The Morgan fingerprint density at radius 2 is 1.76 bits per heavy atom. The maximum Gasteiger partial charge on any atom is 0.348 e. The molecule has 0 radical (unpaired) electrons. The Hall–Kier alpha value is -4.47. The molecule has 0 saturated carbocycles. The molecule has 0 aliphatic rings. The van der Waals surface area contributed by atoms with Gasteiger partial charge >= 0.3 is 5.69 Å². The van der Waals surface area contributed by atoms with E-state index in [0.29, 0.717) is 5.56 Å². The van der Waals surface area contributed by atoms with Crippen LogP contribution in [0.5, 0.6) is 11.5 Å². The van der Waals surface area contributed by atoms with Crippen LogP contribution < -0.4 is 5.69 Å². The molecule has 3 aromatic carbocycles. The fourth-order valence-corrected chi connectivity index (χ4v) is 3.40. The van der Waals surface area contributed by atoms with Crippen molar-refractivity contribution in [1.29, 1.82) is 0 Å². The summed E-state index contributed by atoms with van der Waals surface area (Å²) in [5.74, 6) is -2.83. The van der Waals surface area contributed by atoms with Crippen molar-refractivity contribution < 1.29 is 23.8 Å². The molecule has 168 valence electrons. The van der Waals surface area contributed by atoms with Gasteiger partial charge in [0.25, 0.3) is 5.91 Å². The van der Waals surface area contributed by atoms with Gasteiger partial charge in [-0.3, -0.25) is 4.79 Å². The lowest BCUT2D eigenvalue weighted by Crippen LogP contribution is -2.26. The summed E-state index contributed by atoms with van der Waals surface area (Å²) < 4.78 is 28.4. The van der Waals surface area contributed by atoms with Gasteiger partial charge in [-0.2, -0.15) is 5.10 Å². The van der Waals surface area contributed by atoms with Gasteiger partial charge in [-0.25, -0.2) is 23.2 Å². The van der Waals surface area contributed by atoms with E-state index in [-0.39, 0.29) is 29.2 Å². The van der Waals surface area contributed by atoms with E-state index >= 15 is 0 Å². The molecule has 10 heteroatoms. The van der Waals surface area contributed by atoms with Crippen LogP contribution in [0.15, 0.2) is 65.5 Å². The lowest BCUT2D eigenvalue weighted by atomic mass is 10.1. The Balaban J connectivity index is 1.75. The van der Waals surface area contributed by atoms with Crippen molar-refractivity contribution >= 4 is 5.91 Å². The van der Waals surface area contributed by atoms with E-state index in [0.717, 1.165) is 16.7 Å². The number of H-pyrrole nitrogens is 1. The molecule has 1 heterocycles. The summed E-state index contributed by atoms with van der Waals surface area (Å²) in [5.41, 5.74) is -0.466. The van der Waals surface area contributed by atoms with E-state index < -0.39 is 34.7 Å². The molecule has 0 saturated heterocycles. The molecule has 0 bridgehead atoms. The van der Waals surface area contributed by atoms with Crippen molar-refractivity contribution in [3.05, 3.63) is 93.9 Å². The van der Waals surface area contributed by atoms with E-state index in [2.05, 4.69) is 10.2 Å². The van der Waals surface area contributed by atoms with Crippen molar-refractivity contribution in [2.45, 2.75) is 6.54 Å². The number of carbonyl (C=O) groups excluding carboxylic acids is 1. The van der Waals surface area contributed by atoms with Crippen LogP contribution in [0.2, 0.25) is 0 Å². The second-order valence-electron chi connectivity index (χ2n) is 7.31. The summed E-state index contributed by atoms with van der Waals surface area (Å²) in [6.45, 7) is 0.122. The number of para-hydroxylation sites is 1. The number of rotatable bonds is 5. The van der Waals surface area contributed by atoms with Gasteiger partial charge in [-0.1, -0.05) is 24.3 Å². The van der Waals surface area contributed by atoms with Gasteiger partial charge in [-0.05, 0) is 35.9 Å². The second kappa shape index (κ2) is 8.58. The zero-order chi connectivity index (χ0) is 23.7. The third kappa shape index (κ3) is 4.18. The molecule has 0 unspecified atom stereocenters. The Morgan fingerprint density at radius 1 is 1.06 bits per heavy atom. The van der Waals surface area contributed by atoms with Gasteiger partial charge < -0.3 is 15.1 Å². The van der Waals surface area contributed by atoms with Crippen LogP contribution in [0, 0.1) is 11.6 Å². The predicted molar refractivity (Wildman–Crippen MR) is 115 cm³/mol. The third-order valence-electron chi connectivity index (χ3n) is 5.03. The van der Waals surface area contributed by atoms with Gasteiger partial charge in [-0.15, -0.1) is 0 Å². The zero-order valence-electron chi connectivity index (χ0n) is 17.3. The Bertz CT molecular complexity index is 1400. The highest BCUT2D eigenvalue weighted by molar-refractivity contribution is 5.98. The van der Waals surface area contributed by atoms with Crippen molar-refractivity contribution in [3.63, 3.8) is 0 Å². The lowest BCUT2D eigenvalue weighted by Gasteiger charge is -2.19. The van der Waals surface area contributed by atoms with Crippen LogP contribution in [-0.4, -0.2) is 42.8 Å². The molecule has 33 heavy (non-hydrogen) atoms.